The summed E-state index contributed by atoms with van der Waals surface area (Å²) < 4.78 is 32.7. The molecule has 0 bridgehead atoms. The molecule has 1 aliphatic heterocycles. The first kappa shape index (κ1) is 29.9. The summed E-state index contributed by atoms with van der Waals surface area (Å²) >= 11 is 0. The minimum absolute atomic E-state index is 0.0278. The van der Waals surface area contributed by atoms with E-state index in [1.165, 1.54) is 4.57 Å². The fourth-order valence-corrected chi connectivity index (χ4v) is 5.61. The quantitative estimate of drug-likeness (QED) is 0.220. The van der Waals surface area contributed by atoms with E-state index >= 15 is 0 Å². The van der Waals surface area contributed by atoms with E-state index < -0.39 is 17.9 Å². The predicted octanol–water partition coefficient (Wildman–Crippen LogP) is 4.82. The molecule has 1 aliphatic rings. The molecule has 1 fully saturated rings. The summed E-state index contributed by atoms with van der Waals surface area (Å²) in [5.74, 6) is 1.78. The van der Waals surface area contributed by atoms with E-state index in [-0.39, 0.29) is 19.2 Å². The Bertz CT molecular complexity index is 1690. The average Bonchev–Trinajstić information content (AvgIpc) is 3.03. The lowest BCUT2D eigenvalue weighted by Crippen LogP contribution is -2.44. The normalized spacial score (nSPS) is 13.7. The first-order valence-electron chi connectivity index (χ1n) is 14.6. The summed E-state index contributed by atoms with van der Waals surface area (Å²) in [6.45, 7) is 5.13. The second kappa shape index (κ2) is 13.6. The highest BCUT2D eigenvalue weighted by Crippen LogP contribution is 2.33. The minimum Gasteiger partial charge on any atom is -0.494 e. The first-order valence-corrected chi connectivity index (χ1v) is 14.6. The largest absolute Gasteiger partial charge is 0.494 e. The van der Waals surface area contributed by atoms with Crippen molar-refractivity contribution < 1.29 is 23.4 Å². The topological polar surface area (TPSA) is 92.0 Å². The molecular formula is C33H36FN3O6. The molecule has 5 rings (SSSR count). The molecule has 1 aromatic heterocycles. The molecule has 3 aromatic carbocycles. The van der Waals surface area contributed by atoms with Crippen molar-refractivity contribution in [3.8, 4) is 28.4 Å². The van der Waals surface area contributed by atoms with Crippen LogP contribution in [-0.2, 0) is 11.3 Å². The van der Waals surface area contributed by atoms with Crippen LogP contribution < -0.4 is 25.5 Å². The van der Waals surface area contributed by atoms with Gasteiger partial charge in [0, 0.05) is 24.7 Å². The number of nitrogens with zero attached hydrogens (tertiary/aromatic N) is 3. The van der Waals surface area contributed by atoms with Gasteiger partial charge in [-0.1, -0.05) is 24.3 Å². The summed E-state index contributed by atoms with van der Waals surface area (Å²) in [7, 11) is 0. The molecule has 2 heterocycles. The number of alkyl halides is 1. The summed E-state index contributed by atoms with van der Waals surface area (Å²) in [6.07, 6.45) is 1.98. The zero-order valence-corrected chi connectivity index (χ0v) is 24.5. The van der Waals surface area contributed by atoms with E-state index in [4.69, 9.17) is 14.2 Å². The van der Waals surface area contributed by atoms with Crippen LogP contribution in [0.4, 0.5) is 4.39 Å². The number of aromatic nitrogens is 2. The van der Waals surface area contributed by atoms with Crippen molar-refractivity contribution in [3.05, 3.63) is 87.1 Å². The van der Waals surface area contributed by atoms with E-state index in [1.807, 2.05) is 56.3 Å². The number of carbonyl (C=O) groups is 1. The molecule has 0 atom stereocenters. The van der Waals surface area contributed by atoms with Crippen LogP contribution in [-0.4, -0.2) is 60.0 Å². The lowest BCUT2D eigenvalue weighted by atomic mass is 10.0. The lowest BCUT2D eigenvalue weighted by molar-refractivity contribution is -0.119. The van der Waals surface area contributed by atoms with Gasteiger partial charge in [-0.05, 0) is 74.2 Å². The number of hydrogen-bond donors (Lipinski definition) is 0. The summed E-state index contributed by atoms with van der Waals surface area (Å²) in [5, 5.41) is 0.310. The van der Waals surface area contributed by atoms with Gasteiger partial charge in [-0.2, -0.15) is 0 Å². The van der Waals surface area contributed by atoms with Crippen LogP contribution in [0, 0.1) is 0 Å². The summed E-state index contributed by atoms with van der Waals surface area (Å²) in [6, 6.07) is 18.1. The van der Waals surface area contributed by atoms with Crippen molar-refractivity contribution in [2.75, 3.05) is 39.6 Å². The molecule has 4 aromatic rings. The average molecular weight is 590 g/mol. The number of fused-ring (bicyclic) bond motifs is 1. The number of halogens is 1. The van der Waals surface area contributed by atoms with Crippen molar-refractivity contribution in [2.45, 2.75) is 39.3 Å². The number of ether oxygens (including phenoxy) is 3. The molecule has 0 spiro atoms. The van der Waals surface area contributed by atoms with Crippen LogP contribution in [0.15, 0.2) is 70.3 Å². The zero-order valence-electron chi connectivity index (χ0n) is 24.5. The zero-order chi connectivity index (χ0) is 30.3. The lowest BCUT2D eigenvalue weighted by Gasteiger charge is -2.31. The molecule has 9 nitrogen and oxygen atoms in total. The maximum Gasteiger partial charge on any atom is 0.332 e. The van der Waals surface area contributed by atoms with Crippen LogP contribution in [0.1, 0.15) is 38.3 Å². The second-order valence-electron chi connectivity index (χ2n) is 10.4. The number of amides is 1. The third-order valence-corrected chi connectivity index (χ3v) is 7.66. The fraction of sp³-hybridized carbons (Fsp3) is 0.364. The summed E-state index contributed by atoms with van der Waals surface area (Å²) in [5.41, 5.74) is 2.17. The Hall–Kier alpha value is -4.60. The molecular weight excluding hydrogens is 553 g/mol. The molecule has 0 aliphatic carbocycles. The van der Waals surface area contributed by atoms with E-state index in [9.17, 15) is 18.8 Å². The van der Waals surface area contributed by atoms with Crippen LogP contribution in [0.2, 0.25) is 0 Å². The number of rotatable bonds is 12. The van der Waals surface area contributed by atoms with Gasteiger partial charge < -0.3 is 19.1 Å². The molecule has 1 amide bonds. The number of carbonyl (C=O) groups excluding carboxylic acids is 1. The molecule has 0 N–H and O–H groups in total. The van der Waals surface area contributed by atoms with Gasteiger partial charge in [-0.15, -0.1) is 0 Å². The van der Waals surface area contributed by atoms with Crippen LogP contribution in [0.5, 0.6) is 17.2 Å². The van der Waals surface area contributed by atoms with Crippen LogP contribution >= 0.6 is 0 Å². The number of benzene rings is 3. The predicted molar refractivity (Wildman–Crippen MR) is 163 cm³/mol. The molecule has 43 heavy (non-hydrogen) atoms. The maximum atomic E-state index is 14.0. The van der Waals surface area contributed by atoms with Gasteiger partial charge in [-0.25, -0.2) is 9.18 Å². The molecule has 0 unspecified atom stereocenters. The Labute approximate surface area is 249 Å². The van der Waals surface area contributed by atoms with E-state index in [0.717, 1.165) is 28.8 Å². The molecule has 0 radical (unpaired) electrons. The number of likely N-dealkylation sites (tertiary alicyclic amines) is 1. The Balaban J connectivity index is 1.57. The van der Waals surface area contributed by atoms with Gasteiger partial charge in [0.1, 0.15) is 30.5 Å². The highest BCUT2D eigenvalue weighted by molar-refractivity contribution is 5.80. The first-order chi connectivity index (χ1) is 21.0. The van der Waals surface area contributed by atoms with Crippen molar-refractivity contribution in [1.29, 1.82) is 0 Å². The molecule has 0 saturated carbocycles. The standard InChI is InChI=1S/C33H36FN3O6/c1-3-41-26-8-6-24(7-9-26)28-11-5-23(19-31(28)42-4-2)21-36-32(39)29-20-27(43-18-15-34)10-12-30(29)37(33(36)40)25-13-16-35(22-38)17-14-25/h5-12,19-20,22,25H,3-4,13-18,21H2,1-2H3. The smallest absolute Gasteiger partial charge is 0.332 e. The third kappa shape index (κ3) is 6.43. The summed E-state index contributed by atoms with van der Waals surface area (Å²) in [4.78, 5) is 40.8. The Kier molecular flexibility index (Phi) is 9.44. The van der Waals surface area contributed by atoms with Gasteiger partial charge in [0.25, 0.3) is 5.56 Å². The van der Waals surface area contributed by atoms with Crippen LogP contribution in [0.25, 0.3) is 22.0 Å². The van der Waals surface area contributed by atoms with Crippen LogP contribution in [0.3, 0.4) is 0 Å². The van der Waals surface area contributed by atoms with E-state index in [0.29, 0.717) is 61.5 Å². The Morgan fingerprint density at radius 3 is 2.28 bits per heavy atom. The maximum absolute atomic E-state index is 14.0. The molecule has 226 valence electrons. The van der Waals surface area contributed by atoms with Gasteiger partial charge in [-0.3, -0.25) is 18.7 Å². The van der Waals surface area contributed by atoms with Crippen molar-refractivity contribution in [2.24, 2.45) is 0 Å². The van der Waals surface area contributed by atoms with E-state index in [1.54, 1.807) is 27.7 Å². The fourth-order valence-electron chi connectivity index (χ4n) is 5.61. The monoisotopic (exact) mass is 589 g/mol. The van der Waals surface area contributed by atoms with Crippen molar-refractivity contribution in [1.82, 2.24) is 14.0 Å². The second-order valence-corrected chi connectivity index (χ2v) is 10.4. The highest BCUT2D eigenvalue weighted by Gasteiger charge is 2.25. The number of hydrogen-bond acceptors (Lipinski definition) is 6. The van der Waals surface area contributed by atoms with Crippen molar-refractivity contribution >= 4 is 17.3 Å². The Morgan fingerprint density at radius 2 is 1.60 bits per heavy atom. The van der Waals surface area contributed by atoms with E-state index in [2.05, 4.69) is 0 Å². The van der Waals surface area contributed by atoms with Gasteiger partial charge >= 0.3 is 5.69 Å². The minimum atomic E-state index is -0.661. The van der Waals surface area contributed by atoms with Gasteiger partial charge in [0.2, 0.25) is 6.41 Å². The molecule has 1 saturated heterocycles. The Morgan fingerprint density at radius 1 is 0.884 bits per heavy atom. The highest BCUT2D eigenvalue weighted by atomic mass is 19.1. The number of piperidine rings is 1. The third-order valence-electron chi connectivity index (χ3n) is 7.66. The van der Waals surface area contributed by atoms with Gasteiger partial charge in [0.15, 0.2) is 0 Å². The SMILES string of the molecule is CCOc1ccc(-c2ccc(Cn3c(=O)c4cc(OCCF)ccc4n(C4CCN(C=O)CC4)c3=O)cc2OCC)cc1. The molecule has 10 heteroatoms. The van der Waals surface area contributed by atoms with Crippen molar-refractivity contribution in [3.63, 3.8) is 0 Å². The van der Waals surface area contributed by atoms with Gasteiger partial charge in [0.05, 0.1) is 30.7 Å².